The average molecular weight is 454 g/mol. The van der Waals surface area contributed by atoms with Gasteiger partial charge in [-0.3, -0.25) is 14.4 Å². The predicted molar refractivity (Wildman–Crippen MR) is 117 cm³/mol. The monoisotopic (exact) mass is 453 g/mol. The van der Waals surface area contributed by atoms with Crippen LogP contribution in [0.1, 0.15) is 45.2 Å². The number of hydrogen-bond acceptors (Lipinski definition) is 7. The Hall–Kier alpha value is -2.99. The molecule has 0 saturated heterocycles. The fourth-order valence-electron chi connectivity index (χ4n) is 2.89. The first kappa shape index (κ1) is 27.0. The highest BCUT2D eigenvalue weighted by molar-refractivity contribution is 5.92. The molecule has 1 aromatic rings. The minimum absolute atomic E-state index is 0.0517. The lowest BCUT2D eigenvalue weighted by Crippen LogP contribution is -2.54. The van der Waals surface area contributed by atoms with Crippen LogP contribution in [0.3, 0.4) is 0 Å². The van der Waals surface area contributed by atoms with E-state index in [-0.39, 0.29) is 25.3 Å². The van der Waals surface area contributed by atoms with Crippen LogP contribution >= 0.6 is 0 Å². The molecule has 12 nitrogen and oxygen atoms in total. The maximum Gasteiger partial charge on any atom is 0.326 e. The molecule has 4 unspecified atom stereocenters. The third kappa shape index (κ3) is 9.43. The van der Waals surface area contributed by atoms with E-state index in [1.807, 2.05) is 13.8 Å². The summed E-state index contributed by atoms with van der Waals surface area (Å²) in [5, 5.41) is 16.9. The van der Waals surface area contributed by atoms with Crippen molar-refractivity contribution in [3.05, 3.63) is 18.2 Å². The van der Waals surface area contributed by atoms with Crippen molar-refractivity contribution in [1.82, 2.24) is 25.9 Å². The van der Waals surface area contributed by atoms with Crippen molar-refractivity contribution < 1.29 is 24.3 Å². The molecule has 0 aliphatic heterocycles. The largest absolute Gasteiger partial charge is 0.480 e. The third-order valence-corrected chi connectivity index (χ3v) is 5.18. The number of hydrogen-bond donors (Lipinski definition) is 7. The molecule has 9 N–H and O–H groups in total. The second-order valence-electron chi connectivity index (χ2n) is 7.71. The van der Waals surface area contributed by atoms with Gasteiger partial charge in [-0.05, 0) is 31.7 Å². The highest BCUT2D eigenvalue weighted by Crippen LogP contribution is 2.06. The number of nitrogens with one attached hydrogen (secondary N) is 4. The van der Waals surface area contributed by atoms with Crippen LogP contribution in [0.4, 0.5) is 0 Å². The molecule has 1 aromatic heterocycles. The van der Waals surface area contributed by atoms with Gasteiger partial charge in [0.25, 0.3) is 0 Å². The molecule has 1 heterocycles. The summed E-state index contributed by atoms with van der Waals surface area (Å²) in [6.07, 6.45) is 5.08. The first-order chi connectivity index (χ1) is 15.2. The van der Waals surface area contributed by atoms with Crippen LogP contribution < -0.4 is 27.4 Å². The van der Waals surface area contributed by atoms with Gasteiger partial charge in [0.15, 0.2) is 0 Å². The topological polar surface area (TPSA) is 205 Å². The summed E-state index contributed by atoms with van der Waals surface area (Å²) >= 11 is 0. The lowest BCUT2D eigenvalue weighted by Gasteiger charge is -2.22. The maximum absolute atomic E-state index is 12.8. The van der Waals surface area contributed by atoms with Gasteiger partial charge in [-0.2, -0.15) is 0 Å². The molecule has 3 amide bonds. The smallest absolute Gasteiger partial charge is 0.326 e. The van der Waals surface area contributed by atoms with E-state index in [0.717, 1.165) is 0 Å². The molecule has 0 fully saturated rings. The van der Waals surface area contributed by atoms with Crippen LogP contribution in [0.5, 0.6) is 0 Å². The average Bonchev–Trinajstić information content (AvgIpc) is 3.28. The summed E-state index contributed by atoms with van der Waals surface area (Å²) in [7, 11) is 0. The Bertz CT molecular complexity index is 741. The van der Waals surface area contributed by atoms with Crippen LogP contribution in [0, 0.1) is 5.92 Å². The highest BCUT2D eigenvalue weighted by Gasteiger charge is 2.27. The van der Waals surface area contributed by atoms with Crippen LogP contribution in [-0.4, -0.2) is 70.0 Å². The summed E-state index contributed by atoms with van der Waals surface area (Å²) in [5.41, 5.74) is 11.9. The van der Waals surface area contributed by atoms with Gasteiger partial charge in [0.2, 0.25) is 17.7 Å². The molecule has 0 bridgehead atoms. The van der Waals surface area contributed by atoms with Gasteiger partial charge in [-0.15, -0.1) is 0 Å². The quantitative estimate of drug-likeness (QED) is 0.157. The van der Waals surface area contributed by atoms with Gasteiger partial charge in [-0.25, -0.2) is 9.78 Å². The fourth-order valence-corrected chi connectivity index (χ4v) is 2.89. The van der Waals surface area contributed by atoms with Crippen molar-refractivity contribution >= 4 is 23.7 Å². The van der Waals surface area contributed by atoms with Gasteiger partial charge < -0.3 is 37.5 Å². The summed E-state index contributed by atoms with van der Waals surface area (Å²) in [6.45, 7) is 3.80. The molecule has 0 aliphatic rings. The number of H-pyrrole nitrogens is 1. The summed E-state index contributed by atoms with van der Waals surface area (Å²) in [6, 6.07) is -2.93. The number of carboxylic acids is 1. The Morgan fingerprint density at radius 2 is 1.88 bits per heavy atom. The number of carbonyl (C=O) groups is 4. The molecule has 12 heteroatoms. The fraction of sp³-hybridized carbons (Fsp3) is 0.650. The molecule has 4 atom stereocenters. The molecule has 1 rings (SSSR count). The van der Waals surface area contributed by atoms with Gasteiger partial charge in [-0.1, -0.05) is 20.3 Å². The maximum atomic E-state index is 12.8. The second-order valence-corrected chi connectivity index (χ2v) is 7.71. The van der Waals surface area contributed by atoms with E-state index in [2.05, 4.69) is 25.9 Å². The van der Waals surface area contributed by atoms with Crippen LogP contribution in [0.15, 0.2) is 12.5 Å². The Labute approximate surface area is 187 Å². The van der Waals surface area contributed by atoms with E-state index in [1.54, 1.807) is 0 Å². The third-order valence-electron chi connectivity index (χ3n) is 5.18. The van der Waals surface area contributed by atoms with Gasteiger partial charge >= 0.3 is 5.97 Å². The lowest BCUT2D eigenvalue weighted by molar-refractivity contribution is -0.142. The van der Waals surface area contributed by atoms with Crippen molar-refractivity contribution in [3.8, 4) is 0 Å². The number of carbonyl (C=O) groups excluding carboxylic acids is 3. The number of carboxylic acid groups (broad SMARTS) is 1. The number of nitrogens with zero attached hydrogens (tertiary/aromatic N) is 1. The number of imidazole rings is 1. The Morgan fingerprint density at radius 1 is 1.16 bits per heavy atom. The molecular weight excluding hydrogens is 418 g/mol. The van der Waals surface area contributed by atoms with Gasteiger partial charge in [0.05, 0.1) is 18.9 Å². The molecular formula is C20H35N7O5. The van der Waals surface area contributed by atoms with E-state index in [0.29, 0.717) is 31.5 Å². The number of nitrogens with two attached hydrogens (primary N) is 2. The molecule has 0 radical (unpaired) electrons. The zero-order chi connectivity index (χ0) is 24.1. The van der Waals surface area contributed by atoms with E-state index < -0.39 is 41.8 Å². The molecule has 0 aliphatic carbocycles. The lowest BCUT2D eigenvalue weighted by atomic mass is 9.99. The van der Waals surface area contributed by atoms with Crippen LogP contribution in [0.2, 0.25) is 0 Å². The number of amides is 3. The first-order valence-corrected chi connectivity index (χ1v) is 10.7. The normalized spacial score (nSPS) is 14.6. The zero-order valence-electron chi connectivity index (χ0n) is 18.6. The SMILES string of the molecule is CCC(C)C(N)C(=O)NCC(=O)NC(Cc1cnc[nH]1)C(=O)NC(CCCCN)C(=O)O. The molecule has 180 valence electrons. The number of aliphatic carboxylic acids is 1. The van der Waals surface area contributed by atoms with E-state index in [4.69, 9.17) is 11.5 Å². The minimum atomic E-state index is -1.17. The number of aromatic nitrogens is 2. The Morgan fingerprint density at radius 3 is 2.44 bits per heavy atom. The minimum Gasteiger partial charge on any atom is -0.480 e. The standard InChI is InChI=1S/C20H35N7O5/c1-3-12(2)17(22)19(30)24-10-16(28)26-15(8-13-9-23-11-25-13)18(29)27-14(20(31)32)6-4-5-7-21/h9,11-12,14-15,17H,3-8,10,21-22H2,1-2H3,(H,23,25)(H,24,30)(H,26,28)(H,27,29)(H,31,32). The van der Waals surface area contributed by atoms with E-state index in [9.17, 15) is 24.3 Å². The Balaban J connectivity index is 2.76. The zero-order valence-corrected chi connectivity index (χ0v) is 18.6. The highest BCUT2D eigenvalue weighted by atomic mass is 16.4. The number of unbranched alkanes of at least 4 members (excludes halogenated alkanes) is 1. The molecule has 32 heavy (non-hydrogen) atoms. The van der Waals surface area contributed by atoms with Crippen molar-refractivity contribution in [2.24, 2.45) is 17.4 Å². The summed E-state index contributed by atoms with van der Waals surface area (Å²) in [5.74, 6) is -2.95. The van der Waals surface area contributed by atoms with Crippen molar-refractivity contribution in [1.29, 1.82) is 0 Å². The summed E-state index contributed by atoms with van der Waals surface area (Å²) in [4.78, 5) is 55.5. The van der Waals surface area contributed by atoms with Crippen LogP contribution in [-0.2, 0) is 25.6 Å². The van der Waals surface area contributed by atoms with E-state index in [1.165, 1.54) is 12.5 Å². The van der Waals surface area contributed by atoms with Crippen molar-refractivity contribution in [3.63, 3.8) is 0 Å². The van der Waals surface area contributed by atoms with E-state index >= 15 is 0 Å². The second kappa shape index (κ2) is 14.1. The molecule has 0 spiro atoms. The predicted octanol–water partition coefficient (Wildman–Crippen LogP) is -1.37. The van der Waals surface area contributed by atoms with Crippen molar-refractivity contribution in [2.75, 3.05) is 13.1 Å². The first-order valence-electron chi connectivity index (χ1n) is 10.7. The number of aromatic amines is 1. The molecule has 0 saturated carbocycles. The van der Waals surface area contributed by atoms with Gasteiger partial charge in [0, 0.05) is 18.3 Å². The van der Waals surface area contributed by atoms with Crippen molar-refractivity contribution in [2.45, 2.75) is 64.1 Å². The Kier molecular flexibility index (Phi) is 12.0. The van der Waals surface area contributed by atoms with Crippen LogP contribution in [0.25, 0.3) is 0 Å². The summed E-state index contributed by atoms with van der Waals surface area (Å²) < 4.78 is 0. The molecule has 0 aromatic carbocycles. The number of rotatable bonds is 15. The van der Waals surface area contributed by atoms with Gasteiger partial charge in [0.1, 0.15) is 12.1 Å².